The quantitative estimate of drug-likeness (QED) is 0.373. The van der Waals surface area contributed by atoms with E-state index < -0.39 is 16.9 Å². The first-order valence-electron chi connectivity index (χ1n) is 6.50. The van der Waals surface area contributed by atoms with Crippen LogP contribution in [0.2, 0.25) is 0 Å². The summed E-state index contributed by atoms with van der Waals surface area (Å²) in [6.45, 7) is 3.02. The molecule has 0 aliphatic carbocycles. The van der Waals surface area contributed by atoms with Crippen molar-refractivity contribution in [3.05, 3.63) is 46.0 Å². The van der Waals surface area contributed by atoms with Gasteiger partial charge < -0.3 is 9.47 Å². The molecule has 0 amide bonds. The van der Waals surface area contributed by atoms with E-state index in [9.17, 15) is 19.7 Å². The van der Waals surface area contributed by atoms with Gasteiger partial charge >= 0.3 is 11.9 Å². The highest BCUT2D eigenvalue weighted by Gasteiger charge is 2.19. The number of non-ortho nitro benzene ring substituents is 1. The normalized spacial score (nSPS) is 10.3. The number of fused-ring (bicyclic) bond motifs is 1. The van der Waals surface area contributed by atoms with E-state index >= 15 is 0 Å². The summed E-state index contributed by atoms with van der Waals surface area (Å²) in [5.74, 6) is -1.15. The summed E-state index contributed by atoms with van der Waals surface area (Å²) in [6.07, 6.45) is 0. The molecule has 0 saturated heterocycles. The van der Waals surface area contributed by atoms with Crippen molar-refractivity contribution < 1.29 is 24.0 Å². The molecule has 0 N–H and O–H groups in total. The summed E-state index contributed by atoms with van der Waals surface area (Å²) >= 11 is 0. The highest BCUT2D eigenvalue weighted by molar-refractivity contribution is 6.02. The Bertz CT molecular complexity index is 768. The van der Waals surface area contributed by atoms with Crippen LogP contribution in [0, 0.1) is 10.1 Å². The number of hydrogen-bond acceptors (Lipinski definition) is 6. The number of carbonyl (C=O) groups is 2. The summed E-state index contributed by atoms with van der Waals surface area (Å²) in [7, 11) is 0. The number of rotatable bonds is 4. The number of nitro benzene ring substituents is 1. The van der Waals surface area contributed by atoms with Crippen molar-refractivity contribution >= 4 is 28.4 Å². The number of hydrogen-bond donors (Lipinski definition) is 0. The molecule has 0 aromatic heterocycles. The fourth-order valence-electron chi connectivity index (χ4n) is 2.07. The molecule has 7 nitrogen and oxygen atoms in total. The standard InChI is InChI=1S/C15H13NO6/c1-3-21-15(18)10-7-12-11(14(8-10)22-9(2)17)5-4-6-13(12)16(19)20/h4-8H,3H2,1-2H3. The molecule has 0 aliphatic rings. The van der Waals surface area contributed by atoms with Gasteiger partial charge in [0.05, 0.1) is 22.5 Å². The zero-order chi connectivity index (χ0) is 16.3. The lowest BCUT2D eigenvalue weighted by molar-refractivity contribution is -0.383. The van der Waals surface area contributed by atoms with E-state index in [2.05, 4.69) is 0 Å². The average Bonchev–Trinajstić information content (AvgIpc) is 2.46. The van der Waals surface area contributed by atoms with Gasteiger partial charge in [0.15, 0.2) is 0 Å². The van der Waals surface area contributed by atoms with Crippen molar-refractivity contribution in [2.24, 2.45) is 0 Å². The summed E-state index contributed by atoms with van der Waals surface area (Å²) in [6, 6.07) is 7.08. The van der Waals surface area contributed by atoms with Gasteiger partial charge in [0, 0.05) is 18.4 Å². The average molecular weight is 303 g/mol. The first-order chi connectivity index (χ1) is 10.4. The Morgan fingerprint density at radius 1 is 1.23 bits per heavy atom. The molecule has 2 aromatic carbocycles. The summed E-state index contributed by atoms with van der Waals surface area (Å²) in [5, 5.41) is 11.7. The summed E-state index contributed by atoms with van der Waals surface area (Å²) < 4.78 is 9.95. The Balaban J connectivity index is 2.74. The molecule has 0 fully saturated rings. The fourth-order valence-corrected chi connectivity index (χ4v) is 2.07. The van der Waals surface area contributed by atoms with Crippen LogP contribution < -0.4 is 4.74 Å². The van der Waals surface area contributed by atoms with Crippen LogP contribution in [0.25, 0.3) is 10.8 Å². The second-order valence-electron chi connectivity index (χ2n) is 4.42. The van der Waals surface area contributed by atoms with Crippen molar-refractivity contribution in [2.45, 2.75) is 13.8 Å². The largest absolute Gasteiger partial charge is 0.462 e. The molecule has 0 unspecified atom stereocenters. The van der Waals surface area contributed by atoms with Crippen LogP contribution in [-0.4, -0.2) is 23.5 Å². The van der Waals surface area contributed by atoms with E-state index in [1.165, 1.54) is 31.2 Å². The minimum atomic E-state index is -0.643. The number of nitrogens with zero attached hydrogens (tertiary/aromatic N) is 1. The molecule has 0 aliphatic heterocycles. The predicted molar refractivity (Wildman–Crippen MR) is 77.9 cm³/mol. The van der Waals surface area contributed by atoms with Crippen molar-refractivity contribution in [2.75, 3.05) is 6.61 Å². The maximum Gasteiger partial charge on any atom is 0.338 e. The first-order valence-corrected chi connectivity index (χ1v) is 6.50. The molecule has 22 heavy (non-hydrogen) atoms. The van der Waals surface area contributed by atoms with E-state index in [0.717, 1.165) is 0 Å². The molecule has 114 valence electrons. The zero-order valence-corrected chi connectivity index (χ0v) is 12.0. The van der Waals surface area contributed by atoms with Gasteiger partial charge in [-0.25, -0.2) is 4.79 Å². The lowest BCUT2D eigenvalue weighted by Gasteiger charge is -2.09. The van der Waals surface area contributed by atoms with Crippen molar-refractivity contribution in [1.82, 2.24) is 0 Å². The predicted octanol–water partition coefficient (Wildman–Crippen LogP) is 2.85. The van der Waals surface area contributed by atoms with Gasteiger partial charge in [-0.3, -0.25) is 14.9 Å². The monoisotopic (exact) mass is 303 g/mol. The van der Waals surface area contributed by atoms with Crippen molar-refractivity contribution in [1.29, 1.82) is 0 Å². The second-order valence-corrected chi connectivity index (χ2v) is 4.42. The van der Waals surface area contributed by atoms with Gasteiger partial charge in [0.2, 0.25) is 0 Å². The van der Waals surface area contributed by atoms with Crippen LogP contribution in [0.4, 0.5) is 5.69 Å². The Kier molecular flexibility index (Phi) is 4.36. The van der Waals surface area contributed by atoms with E-state index in [1.807, 2.05) is 0 Å². The summed E-state index contributed by atoms with van der Waals surface area (Å²) in [5.41, 5.74) is -0.100. The minimum absolute atomic E-state index is 0.0803. The van der Waals surface area contributed by atoms with E-state index in [0.29, 0.717) is 5.39 Å². The third-order valence-corrected chi connectivity index (χ3v) is 2.90. The number of benzene rings is 2. The molecule has 2 rings (SSSR count). The molecule has 0 radical (unpaired) electrons. The smallest absolute Gasteiger partial charge is 0.338 e. The molecule has 7 heteroatoms. The maximum atomic E-state index is 11.9. The van der Waals surface area contributed by atoms with Gasteiger partial charge in [-0.1, -0.05) is 12.1 Å². The SMILES string of the molecule is CCOC(=O)c1cc(OC(C)=O)c2cccc([N+](=O)[O-])c2c1. The second kappa shape index (κ2) is 6.21. The molecule has 2 aromatic rings. The van der Waals surface area contributed by atoms with Crippen LogP contribution in [0.3, 0.4) is 0 Å². The molecular weight excluding hydrogens is 290 g/mol. The Morgan fingerprint density at radius 2 is 1.95 bits per heavy atom. The van der Waals surface area contributed by atoms with Gasteiger partial charge in [-0.05, 0) is 19.1 Å². The number of esters is 2. The topological polar surface area (TPSA) is 95.7 Å². The Morgan fingerprint density at radius 3 is 2.55 bits per heavy atom. The Hall–Kier alpha value is -2.96. The third kappa shape index (κ3) is 3.03. The fraction of sp³-hybridized carbons (Fsp3) is 0.200. The molecule has 0 heterocycles. The van der Waals surface area contributed by atoms with E-state index in [1.54, 1.807) is 13.0 Å². The van der Waals surface area contributed by atoms with Crippen LogP contribution >= 0.6 is 0 Å². The highest BCUT2D eigenvalue weighted by atomic mass is 16.6. The van der Waals surface area contributed by atoms with E-state index in [-0.39, 0.29) is 29.0 Å². The maximum absolute atomic E-state index is 11.9. The minimum Gasteiger partial charge on any atom is -0.462 e. The third-order valence-electron chi connectivity index (χ3n) is 2.90. The van der Waals surface area contributed by atoms with Crippen molar-refractivity contribution in [3.63, 3.8) is 0 Å². The van der Waals surface area contributed by atoms with Crippen molar-refractivity contribution in [3.8, 4) is 5.75 Å². The van der Waals surface area contributed by atoms with Crippen LogP contribution in [-0.2, 0) is 9.53 Å². The molecular formula is C15H13NO6. The van der Waals surface area contributed by atoms with Crippen LogP contribution in [0.5, 0.6) is 5.75 Å². The molecule has 0 atom stereocenters. The zero-order valence-electron chi connectivity index (χ0n) is 12.0. The van der Waals surface area contributed by atoms with Gasteiger partial charge in [0.1, 0.15) is 5.75 Å². The number of nitro groups is 1. The number of carbonyl (C=O) groups excluding carboxylic acids is 2. The van der Waals surface area contributed by atoms with Gasteiger partial charge in [-0.15, -0.1) is 0 Å². The van der Waals surface area contributed by atoms with Crippen LogP contribution in [0.1, 0.15) is 24.2 Å². The Labute approximate surface area is 125 Å². The lowest BCUT2D eigenvalue weighted by Crippen LogP contribution is -2.07. The molecule has 0 bridgehead atoms. The molecule has 0 saturated carbocycles. The van der Waals surface area contributed by atoms with E-state index in [4.69, 9.17) is 9.47 Å². The lowest BCUT2D eigenvalue weighted by atomic mass is 10.0. The number of ether oxygens (including phenoxy) is 2. The summed E-state index contributed by atoms with van der Waals surface area (Å²) in [4.78, 5) is 33.7. The molecule has 0 spiro atoms. The van der Waals surface area contributed by atoms with Gasteiger partial charge in [-0.2, -0.15) is 0 Å². The van der Waals surface area contributed by atoms with Gasteiger partial charge in [0.25, 0.3) is 5.69 Å². The van der Waals surface area contributed by atoms with Crippen LogP contribution in [0.15, 0.2) is 30.3 Å². The first kappa shape index (κ1) is 15.4. The highest BCUT2D eigenvalue weighted by Crippen LogP contribution is 2.34.